The molecule has 0 bridgehead atoms. The van der Waals surface area contributed by atoms with E-state index in [0.717, 1.165) is 11.5 Å². The number of hydrogen-bond donors (Lipinski definition) is 5. The zero-order valence-corrected chi connectivity index (χ0v) is 18.2. The van der Waals surface area contributed by atoms with Crippen molar-refractivity contribution in [2.75, 3.05) is 20.1 Å². The number of rotatable bonds is 9. The third-order valence-electron chi connectivity index (χ3n) is 5.80. The fourth-order valence-corrected chi connectivity index (χ4v) is 4.08. The molecule has 1 heterocycles. The van der Waals surface area contributed by atoms with Crippen LogP contribution in [0.1, 0.15) is 37.7 Å². The van der Waals surface area contributed by atoms with Gasteiger partial charge in [-0.1, -0.05) is 36.6 Å². The molecule has 1 aromatic rings. The van der Waals surface area contributed by atoms with Crippen LogP contribution in [0.25, 0.3) is 0 Å². The minimum atomic E-state index is -1.36. The summed E-state index contributed by atoms with van der Waals surface area (Å²) in [7, 11) is 0.369. The van der Waals surface area contributed by atoms with Crippen molar-refractivity contribution in [2.45, 2.75) is 50.5 Å². The minimum Gasteiger partial charge on any atom is -0.480 e. The smallest absolute Gasteiger partial charge is 0.451 e. The molecular weight excluding hydrogens is 407 g/mol. The predicted octanol–water partition coefficient (Wildman–Crippen LogP) is 1.55. The van der Waals surface area contributed by atoms with Gasteiger partial charge in [0.1, 0.15) is 5.54 Å². The Kier molecular flexibility index (Phi) is 9.42. The van der Waals surface area contributed by atoms with Crippen LogP contribution < -0.4 is 11.1 Å². The molecule has 10 heteroatoms. The highest BCUT2D eigenvalue weighted by molar-refractivity contribution is 6.40. The first-order valence-electron chi connectivity index (χ1n) is 10.3. The molecule has 166 valence electrons. The van der Waals surface area contributed by atoms with Crippen LogP contribution in [0.15, 0.2) is 29.3 Å². The molecule has 0 radical (unpaired) electrons. The first-order valence-corrected chi connectivity index (χ1v) is 10.7. The minimum absolute atomic E-state index is 0.139. The molecule has 1 aliphatic heterocycles. The van der Waals surface area contributed by atoms with Gasteiger partial charge in [0.2, 0.25) is 0 Å². The van der Waals surface area contributed by atoms with E-state index in [2.05, 4.69) is 15.2 Å². The number of carboxylic acids is 1. The number of nitrogens with one attached hydrogen (secondary N) is 1. The van der Waals surface area contributed by atoms with Gasteiger partial charge in [0.05, 0.1) is 0 Å². The molecule has 0 aromatic heterocycles. The van der Waals surface area contributed by atoms with Gasteiger partial charge < -0.3 is 31.1 Å². The van der Waals surface area contributed by atoms with E-state index in [1.54, 1.807) is 7.05 Å². The second-order valence-electron chi connectivity index (χ2n) is 7.86. The first-order chi connectivity index (χ1) is 14.3. The number of guanidine groups is 1. The molecule has 1 saturated heterocycles. The monoisotopic (exact) mass is 438 g/mol. The largest absolute Gasteiger partial charge is 0.480 e. The Morgan fingerprint density at radius 3 is 2.47 bits per heavy atom. The summed E-state index contributed by atoms with van der Waals surface area (Å²) in [5.74, 6) is -0.353. The third-order valence-corrected chi connectivity index (χ3v) is 6.05. The molecule has 1 aliphatic rings. The Morgan fingerprint density at radius 1 is 1.30 bits per heavy atom. The van der Waals surface area contributed by atoms with E-state index in [-0.39, 0.29) is 12.2 Å². The fraction of sp³-hybridized carbons (Fsp3) is 0.600. The van der Waals surface area contributed by atoms with E-state index in [1.807, 2.05) is 24.3 Å². The quantitative estimate of drug-likeness (QED) is 0.171. The maximum Gasteiger partial charge on any atom is 0.451 e. The van der Waals surface area contributed by atoms with Gasteiger partial charge >= 0.3 is 13.1 Å². The molecule has 0 saturated carbocycles. The highest BCUT2D eigenvalue weighted by Crippen LogP contribution is 2.31. The van der Waals surface area contributed by atoms with Gasteiger partial charge in [-0.15, -0.1) is 0 Å². The number of aliphatic imine (C=N–C) groups is 1. The highest BCUT2D eigenvalue weighted by Gasteiger charge is 2.43. The van der Waals surface area contributed by atoms with Crippen molar-refractivity contribution in [1.82, 2.24) is 10.2 Å². The molecule has 8 nitrogen and oxygen atoms in total. The average Bonchev–Trinajstić information content (AvgIpc) is 2.73. The lowest BCUT2D eigenvalue weighted by molar-refractivity contribution is -0.146. The van der Waals surface area contributed by atoms with E-state index < -0.39 is 18.6 Å². The number of piperidine rings is 1. The molecule has 0 aliphatic carbocycles. The van der Waals surface area contributed by atoms with E-state index in [0.29, 0.717) is 56.8 Å². The second-order valence-corrected chi connectivity index (χ2v) is 8.30. The van der Waals surface area contributed by atoms with Crippen LogP contribution in [-0.4, -0.2) is 64.8 Å². The first kappa shape index (κ1) is 24.5. The Hall–Kier alpha value is -1.81. The molecule has 30 heavy (non-hydrogen) atoms. The maximum absolute atomic E-state index is 11.9. The van der Waals surface area contributed by atoms with Crippen molar-refractivity contribution in [2.24, 2.45) is 16.6 Å². The predicted molar refractivity (Wildman–Crippen MR) is 119 cm³/mol. The summed E-state index contributed by atoms with van der Waals surface area (Å²) < 4.78 is 0. The number of halogens is 1. The van der Waals surface area contributed by atoms with E-state index in [4.69, 9.17) is 27.4 Å². The van der Waals surface area contributed by atoms with Crippen LogP contribution in [0.3, 0.4) is 0 Å². The van der Waals surface area contributed by atoms with Crippen molar-refractivity contribution >= 4 is 30.6 Å². The SMILES string of the molecule is CN=C(NCc1ccc(Cl)cc1)N1CCC(C(N)(CCCCB(O)O)C(=O)O)CC1. The van der Waals surface area contributed by atoms with Gasteiger partial charge in [-0.2, -0.15) is 0 Å². The number of carbonyl (C=O) groups is 1. The molecule has 1 unspecified atom stereocenters. The van der Waals surface area contributed by atoms with E-state index in [1.165, 1.54) is 0 Å². The number of benzene rings is 1. The molecule has 2 rings (SSSR count). The second kappa shape index (κ2) is 11.5. The zero-order chi connectivity index (χ0) is 22.1. The van der Waals surface area contributed by atoms with Crippen molar-refractivity contribution in [3.63, 3.8) is 0 Å². The summed E-state index contributed by atoms with van der Waals surface area (Å²) in [5, 5.41) is 31.7. The van der Waals surface area contributed by atoms with Crippen molar-refractivity contribution < 1.29 is 19.9 Å². The summed E-state index contributed by atoms with van der Waals surface area (Å²) in [5.41, 5.74) is 6.13. The van der Waals surface area contributed by atoms with Crippen molar-refractivity contribution in [3.8, 4) is 0 Å². The van der Waals surface area contributed by atoms with Gasteiger partial charge in [-0.25, -0.2) is 0 Å². The van der Waals surface area contributed by atoms with Crippen LogP contribution >= 0.6 is 11.6 Å². The van der Waals surface area contributed by atoms with Gasteiger partial charge in [-0.05, 0) is 49.2 Å². The molecule has 1 aromatic carbocycles. The molecule has 1 atom stereocenters. The number of nitrogens with zero attached hydrogens (tertiary/aromatic N) is 2. The lowest BCUT2D eigenvalue weighted by Crippen LogP contribution is -2.58. The van der Waals surface area contributed by atoms with E-state index in [9.17, 15) is 9.90 Å². The number of unbranched alkanes of at least 4 members (excludes halogenated alkanes) is 1. The summed E-state index contributed by atoms with van der Waals surface area (Å²) >= 11 is 5.92. The number of hydrogen-bond acceptors (Lipinski definition) is 5. The molecule has 0 amide bonds. The van der Waals surface area contributed by atoms with Crippen LogP contribution in [0.2, 0.25) is 11.3 Å². The molecule has 6 N–H and O–H groups in total. The number of carboxylic acid groups (broad SMARTS) is 1. The summed E-state index contributed by atoms with van der Waals surface area (Å²) in [6.07, 6.45) is 2.95. The molecule has 1 fully saturated rings. The topological polar surface area (TPSA) is 131 Å². The fourth-order valence-electron chi connectivity index (χ4n) is 3.95. The normalized spacial score (nSPS) is 17.5. The maximum atomic E-state index is 11.9. The Balaban J connectivity index is 1.88. The number of likely N-dealkylation sites (tertiary alicyclic amines) is 1. The van der Waals surface area contributed by atoms with Gasteiger partial charge in [0.25, 0.3) is 0 Å². The number of aliphatic carboxylic acids is 1. The lowest BCUT2D eigenvalue weighted by atomic mass is 9.74. The number of nitrogens with two attached hydrogens (primary N) is 1. The average molecular weight is 439 g/mol. The third kappa shape index (κ3) is 6.87. The van der Waals surface area contributed by atoms with E-state index >= 15 is 0 Å². The summed E-state index contributed by atoms with van der Waals surface area (Å²) in [4.78, 5) is 18.4. The van der Waals surface area contributed by atoms with Gasteiger partial charge in [-0.3, -0.25) is 9.79 Å². The summed E-state index contributed by atoms with van der Waals surface area (Å²) in [6.45, 7) is 1.97. The Labute approximate surface area is 183 Å². The highest BCUT2D eigenvalue weighted by atomic mass is 35.5. The molecule has 0 spiro atoms. The standard InChI is InChI=1S/C20H32BClN4O4/c1-24-19(25-14-15-4-6-17(22)7-5-15)26-12-8-16(9-13-26)20(23,18(27)28)10-2-3-11-21(29)30/h4-7,16,29-30H,2-3,8-14,23H2,1H3,(H,24,25)(H,27,28). The van der Waals surface area contributed by atoms with Crippen molar-refractivity contribution in [1.29, 1.82) is 0 Å². The van der Waals surface area contributed by atoms with Gasteiger partial charge in [0.15, 0.2) is 5.96 Å². The van der Waals surface area contributed by atoms with Gasteiger partial charge in [0, 0.05) is 31.7 Å². The zero-order valence-electron chi connectivity index (χ0n) is 17.4. The van der Waals surface area contributed by atoms with Crippen LogP contribution in [-0.2, 0) is 11.3 Å². The Bertz CT molecular complexity index is 711. The van der Waals surface area contributed by atoms with Crippen LogP contribution in [0.5, 0.6) is 0 Å². The Morgan fingerprint density at radius 2 is 1.93 bits per heavy atom. The lowest BCUT2D eigenvalue weighted by Gasteiger charge is -2.41. The van der Waals surface area contributed by atoms with Crippen LogP contribution in [0.4, 0.5) is 0 Å². The van der Waals surface area contributed by atoms with Crippen LogP contribution in [0, 0.1) is 5.92 Å². The molecular formula is C20H32BClN4O4. The van der Waals surface area contributed by atoms with Crippen molar-refractivity contribution in [3.05, 3.63) is 34.9 Å². The summed E-state index contributed by atoms with van der Waals surface area (Å²) in [6, 6.07) is 7.61.